The molecular formula is C24H30N2O3. The summed E-state index contributed by atoms with van der Waals surface area (Å²) in [7, 11) is 0. The van der Waals surface area contributed by atoms with Crippen LogP contribution < -0.4 is 10.1 Å². The number of hydrogen-bond acceptors (Lipinski definition) is 3. The number of amides is 2. The Kier molecular flexibility index (Phi) is 7.28. The average Bonchev–Trinajstić information content (AvgIpc) is 3.23. The third-order valence-corrected chi connectivity index (χ3v) is 5.58. The molecule has 5 heteroatoms. The highest BCUT2D eigenvalue weighted by molar-refractivity contribution is 5.96. The van der Waals surface area contributed by atoms with Gasteiger partial charge in [-0.15, -0.1) is 0 Å². The van der Waals surface area contributed by atoms with Gasteiger partial charge >= 0.3 is 0 Å². The van der Waals surface area contributed by atoms with Gasteiger partial charge in [0.2, 0.25) is 5.91 Å². The van der Waals surface area contributed by atoms with E-state index >= 15 is 0 Å². The topological polar surface area (TPSA) is 58.6 Å². The molecule has 0 spiro atoms. The molecule has 0 aliphatic carbocycles. The summed E-state index contributed by atoms with van der Waals surface area (Å²) >= 11 is 0. The quantitative estimate of drug-likeness (QED) is 0.736. The zero-order chi connectivity index (χ0) is 20.6. The van der Waals surface area contributed by atoms with Gasteiger partial charge in [0.25, 0.3) is 5.91 Å². The molecule has 0 aromatic heterocycles. The number of rotatable bonds is 8. The molecular weight excluding hydrogens is 364 g/mol. The Morgan fingerprint density at radius 3 is 2.48 bits per heavy atom. The lowest BCUT2D eigenvalue weighted by atomic mass is 9.87. The van der Waals surface area contributed by atoms with Crippen LogP contribution in [0.3, 0.4) is 0 Å². The van der Waals surface area contributed by atoms with E-state index in [0.29, 0.717) is 18.1 Å². The number of hydrogen-bond donors (Lipinski definition) is 1. The Morgan fingerprint density at radius 1 is 1.10 bits per heavy atom. The minimum absolute atomic E-state index is 0.0128. The van der Waals surface area contributed by atoms with Crippen molar-refractivity contribution in [3.63, 3.8) is 0 Å². The predicted octanol–water partition coefficient (Wildman–Crippen LogP) is 4.00. The summed E-state index contributed by atoms with van der Waals surface area (Å²) in [6.07, 6.45) is 3.00. The summed E-state index contributed by atoms with van der Waals surface area (Å²) in [5.41, 5.74) is 1.80. The van der Waals surface area contributed by atoms with Gasteiger partial charge in [-0.05, 0) is 56.0 Å². The van der Waals surface area contributed by atoms with E-state index in [1.54, 1.807) is 24.3 Å². The number of likely N-dealkylation sites (tertiary alicyclic amines) is 1. The standard InChI is InChI=1S/C24H30N2O3/c1-3-21(18-9-6-5-7-10-18)22-11-8-16-26(22)23(27)17-25-24(28)19-12-14-20(15-13-19)29-4-2/h5-7,9-10,12-15,21-22H,3-4,8,11,16-17H2,1-2H3,(H,25,28)/t21-,22+/m1/s1. The Labute approximate surface area is 173 Å². The van der Waals surface area contributed by atoms with Crippen LogP contribution in [0.25, 0.3) is 0 Å². The fourth-order valence-corrected chi connectivity index (χ4v) is 4.18. The number of ether oxygens (including phenoxy) is 1. The molecule has 1 N–H and O–H groups in total. The number of carbonyl (C=O) groups is 2. The van der Waals surface area contributed by atoms with E-state index in [4.69, 9.17) is 4.74 Å². The van der Waals surface area contributed by atoms with Crippen molar-refractivity contribution in [3.05, 3.63) is 65.7 Å². The van der Waals surface area contributed by atoms with Crippen LogP contribution in [0.15, 0.2) is 54.6 Å². The second-order valence-electron chi connectivity index (χ2n) is 7.36. The van der Waals surface area contributed by atoms with E-state index in [-0.39, 0.29) is 24.4 Å². The minimum atomic E-state index is -0.243. The van der Waals surface area contributed by atoms with Crippen molar-refractivity contribution >= 4 is 11.8 Å². The van der Waals surface area contributed by atoms with Gasteiger partial charge in [0, 0.05) is 24.1 Å². The van der Waals surface area contributed by atoms with E-state index in [1.807, 2.05) is 17.9 Å². The van der Waals surface area contributed by atoms with Gasteiger partial charge in [-0.25, -0.2) is 0 Å². The van der Waals surface area contributed by atoms with E-state index in [9.17, 15) is 9.59 Å². The molecule has 2 aromatic rings. The summed E-state index contributed by atoms with van der Waals surface area (Å²) in [5, 5.41) is 2.77. The van der Waals surface area contributed by atoms with Crippen molar-refractivity contribution in [1.29, 1.82) is 0 Å². The zero-order valence-corrected chi connectivity index (χ0v) is 17.3. The Morgan fingerprint density at radius 2 is 1.83 bits per heavy atom. The van der Waals surface area contributed by atoms with E-state index in [1.165, 1.54) is 5.56 Å². The van der Waals surface area contributed by atoms with Gasteiger partial charge in [-0.1, -0.05) is 37.3 Å². The summed E-state index contributed by atoms with van der Waals surface area (Å²) in [6, 6.07) is 17.6. The Hall–Kier alpha value is -2.82. The van der Waals surface area contributed by atoms with Crippen LogP contribution in [0.2, 0.25) is 0 Å². The van der Waals surface area contributed by atoms with Crippen molar-refractivity contribution in [2.24, 2.45) is 0 Å². The Bertz CT molecular complexity index is 805. The van der Waals surface area contributed by atoms with Crippen LogP contribution in [0.4, 0.5) is 0 Å². The first-order valence-corrected chi connectivity index (χ1v) is 10.5. The lowest BCUT2D eigenvalue weighted by molar-refractivity contribution is -0.131. The van der Waals surface area contributed by atoms with Gasteiger partial charge in [0.1, 0.15) is 5.75 Å². The van der Waals surface area contributed by atoms with Crippen molar-refractivity contribution in [2.75, 3.05) is 19.7 Å². The molecule has 0 radical (unpaired) electrons. The molecule has 0 bridgehead atoms. The molecule has 2 atom stereocenters. The average molecular weight is 395 g/mol. The highest BCUT2D eigenvalue weighted by Gasteiger charge is 2.34. The summed E-state index contributed by atoms with van der Waals surface area (Å²) in [6.45, 7) is 5.45. The molecule has 1 saturated heterocycles. The molecule has 5 nitrogen and oxygen atoms in total. The summed E-state index contributed by atoms with van der Waals surface area (Å²) in [5.74, 6) is 0.796. The normalized spacial score (nSPS) is 17.0. The molecule has 29 heavy (non-hydrogen) atoms. The smallest absolute Gasteiger partial charge is 0.251 e. The van der Waals surface area contributed by atoms with Crippen LogP contribution in [-0.4, -0.2) is 42.5 Å². The number of carbonyl (C=O) groups excluding carboxylic acids is 2. The first kappa shape index (κ1) is 20.9. The van der Waals surface area contributed by atoms with Gasteiger partial charge in [0.15, 0.2) is 0 Å². The van der Waals surface area contributed by atoms with Crippen LogP contribution in [-0.2, 0) is 4.79 Å². The first-order chi connectivity index (χ1) is 14.1. The fourth-order valence-electron chi connectivity index (χ4n) is 4.18. The number of nitrogens with one attached hydrogen (secondary N) is 1. The van der Waals surface area contributed by atoms with Crippen LogP contribution in [0.5, 0.6) is 5.75 Å². The van der Waals surface area contributed by atoms with Gasteiger partial charge in [-0.3, -0.25) is 9.59 Å². The molecule has 2 amide bonds. The van der Waals surface area contributed by atoms with Crippen LogP contribution in [0, 0.1) is 0 Å². The Balaban J connectivity index is 1.59. The fraction of sp³-hybridized carbons (Fsp3) is 0.417. The lowest BCUT2D eigenvalue weighted by Crippen LogP contribution is -2.44. The SMILES string of the molecule is CCOc1ccc(C(=O)NCC(=O)N2CCC[C@H]2[C@H](CC)c2ccccc2)cc1. The van der Waals surface area contributed by atoms with Crippen molar-refractivity contribution in [2.45, 2.75) is 45.1 Å². The number of benzene rings is 2. The maximum Gasteiger partial charge on any atom is 0.251 e. The highest BCUT2D eigenvalue weighted by Crippen LogP contribution is 2.33. The van der Waals surface area contributed by atoms with Crippen molar-refractivity contribution < 1.29 is 14.3 Å². The van der Waals surface area contributed by atoms with Gasteiger partial charge in [-0.2, -0.15) is 0 Å². The maximum absolute atomic E-state index is 12.9. The molecule has 3 rings (SSSR count). The van der Waals surface area contributed by atoms with E-state index in [2.05, 4.69) is 36.5 Å². The predicted molar refractivity (Wildman–Crippen MR) is 114 cm³/mol. The highest BCUT2D eigenvalue weighted by atomic mass is 16.5. The molecule has 1 fully saturated rings. The zero-order valence-electron chi connectivity index (χ0n) is 17.3. The second kappa shape index (κ2) is 10.1. The molecule has 1 heterocycles. The van der Waals surface area contributed by atoms with E-state index < -0.39 is 0 Å². The first-order valence-electron chi connectivity index (χ1n) is 10.5. The largest absolute Gasteiger partial charge is 0.494 e. The lowest BCUT2D eigenvalue weighted by Gasteiger charge is -2.31. The molecule has 2 aromatic carbocycles. The summed E-state index contributed by atoms with van der Waals surface area (Å²) < 4.78 is 5.40. The molecule has 1 aliphatic rings. The monoisotopic (exact) mass is 394 g/mol. The van der Waals surface area contributed by atoms with Crippen molar-refractivity contribution in [1.82, 2.24) is 10.2 Å². The van der Waals surface area contributed by atoms with Gasteiger partial charge < -0.3 is 15.0 Å². The third-order valence-electron chi connectivity index (χ3n) is 5.58. The molecule has 154 valence electrons. The molecule has 1 aliphatic heterocycles. The van der Waals surface area contributed by atoms with Crippen LogP contribution in [0.1, 0.15) is 54.9 Å². The third kappa shape index (κ3) is 5.17. The molecule has 0 saturated carbocycles. The second-order valence-corrected chi connectivity index (χ2v) is 7.36. The van der Waals surface area contributed by atoms with Crippen molar-refractivity contribution in [3.8, 4) is 5.75 Å². The maximum atomic E-state index is 12.9. The summed E-state index contributed by atoms with van der Waals surface area (Å²) in [4.78, 5) is 27.2. The van der Waals surface area contributed by atoms with Gasteiger partial charge in [0.05, 0.1) is 13.2 Å². The van der Waals surface area contributed by atoms with E-state index in [0.717, 1.165) is 31.6 Å². The number of nitrogens with zero attached hydrogens (tertiary/aromatic N) is 1. The van der Waals surface area contributed by atoms with Crippen LogP contribution >= 0.6 is 0 Å². The minimum Gasteiger partial charge on any atom is -0.494 e. The molecule has 0 unspecified atom stereocenters.